The van der Waals surface area contributed by atoms with Gasteiger partial charge in [0.15, 0.2) is 0 Å². The number of rotatable bonds is 1. The molecule has 3 nitrogen and oxygen atoms in total. The number of nitrogens with zero attached hydrogens (tertiary/aromatic N) is 2. The first-order valence-electron chi connectivity index (χ1n) is 3.87. The van der Waals surface area contributed by atoms with Crippen LogP contribution in [0.2, 0.25) is 0 Å². The molecule has 0 radical (unpaired) electrons. The molecule has 0 spiro atoms. The molecule has 2 rings (SSSR count). The highest BCUT2D eigenvalue weighted by Crippen LogP contribution is 2.17. The van der Waals surface area contributed by atoms with Gasteiger partial charge in [0.2, 0.25) is 0 Å². The van der Waals surface area contributed by atoms with Gasteiger partial charge in [-0.15, -0.1) is 0 Å². The van der Waals surface area contributed by atoms with Crippen molar-refractivity contribution in [3.05, 3.63) is 42.1 Å². The van der Waals surface area contributed by atoms with Crippen LogP contribution in [0.1, 0.15) is 5.56 Å². The van der Waals surface area contributed by atoms with Crippen molar-refractivity contribution in [2.45, 2.75) is 0 Å². The first-order valence-corrected chi connectivity index (χ1v) is 4.21. The average molecular weight is 194 g/mol. The Labute approximate surface area is 81.4 Å². The van der Waals surface area contributed by atoms with E-state index in [1.165, 1.54) is 4.53 Å². The van der Waals surface area contributed by atoms with Crippen LogP contribution in [0.25, 0.3) is 5.70 Å². The fourth-order valence-electron chi connectivity index (χ4n) is 1.09. The van der Waals surface area contributed by atoms with Gasteiger partial charge in [-0.05, 0) is 0 Å². The Kier molecular flexibility index (Phi) is 2.19. The second-order valence-electron chi connectivity index (χ2n) is 2.58. The van der Waals surface area contributed by atoms with Crippen LogP contribution in [0.3, 0.4) is 0 Å². The Morgan fingerprint density at radius 1 is 1.23 bits per heavy atom. The Morgan fingerprint density at radius 2 is 2.00 bits per heavy atom. The minimum Gasteiger partial charge on any atom is -0.273 e. The summed E-state index contributed by atoms with van der Waals surface area (Å²) in [5, 5.41) is 0. The third-order valence-corrected chi connectivity index (χ3v) is 1.89. The summed E-state index contributed by atoms with van der Waals surface area (Å²) < 4.78 is 1.34. The van der Waals surface area contributed by atoms with Gasteiger partial charge in [0.25, 0.3) is 0 Å². The summed E-state index contributed by atoms with van der Waals surface area (Å²) in [4.78, 5) is 4.15. The van der Waals surface area contributed by atoms with E-state index in [1.54, 1.807) is 12.5 Å². The molecule has 4 heteroatoms. The van der Waals surface area contributed by atoms with Crippen molar-refractivity contribution < 1.29 is 0 Å². The van der Waals surface area contributed by atoms with Gasteiger partial charge in [-0.25, -0.2) is 4.99 Å². The lowest BCUT2D eigenvalue weighted by atomic mass is 10.2. The topological polar surface area (TPSA) is 27.6 Å². The van der Waals surface area contributed by atoms with Crippen molar-refractivity contribution in [3.63, 3.8) is 0 Å². The van der Waals surface area contributed by atoms with Crippen molar-refractivity contribution in [1.29, 1.82) is 0 Å². The Bertz CT molecular complexity index is 345. The fraction of sp³-hybridized carbons (Fsp3) is 0. The summed E-state index contributed by atoms with van der Waals surface area (Å²) in [6.07, 6.45) is 3.27. The highest BCUT2D eigenvalue weighted by Gasteiger charge is 2.04. The summed E-state index contributed by atoms with van der Waals surface area (Å²) in [5.74, 6) is 0. The van der Waals surface area contributed by atoms with Crippen LogP contribution in [0, 0.1) is 0 Å². The first kappa shape index (κ1) is 8.13. The van der Waals surface area contributed by atoms with Crippen molar-refractivity contribution in [3.8, 4) is 0 Å². The molecule has 0 bridgehead atoms. The largest absolute Gasteiger partial charge is 0.273 e. The number of benzene rings is 1. The molecule has 0 atom stereocenters. The molecule has 0 unspecified atom stereocenters. The molecule has 1 aromatic carbocycles. The summed E-state index contributed by atoms with van der Waals surface area (Å²) in [6.45, 7) is 0. The van der Waals surface area contributed by atoms with E-state index in [-0.39, 0.29) is 0 Å². The van der Waals surface area contributed by atoms with E-state index in [1.807, 2.05) is 30.3 Å². The van der Waals surface area contributed by atoms with E-state index in [4.69, 9.17) is 11.8 Å². The van der Waals surface area contributed by atoms with Crippen molar-refractivity contribution in [1.82, 2.24) is 9.95 Å². The van der Waals surface area contributed by atoms with Gasteiger partial charge in [0.05, 0.1) is 11.9 Å². The number of hydrogen-bond donors (Lipinski definition) is 1. The smallest absolute Gasteiger partial charge is 0.109 e. The molecule has 13 heavy (non-hydrogen) atoms. The third-order valence-electron chi connectivity index (χ3n) is 1.69. The monoisotopic (exact) mass is 193 g/mol. The molecule has 0 amide bonds. The predicted molar refractivity (Wildman–Crippen MR) is 53.7 cm³/mol. The van der Waals surface area contributed by atoms with Gasteiger partial charge in [-0.3, -0.25) is 5.43 Å². The molecular formula is C9H8ClN3. The van der Waals surface area contributed by atoms with Crippen LogP contribution < -0.4 is 5.43 Å². The zero-order valence-corrected chi connectivity index (χ0v) is 7.57. The van der Waals surface area contributed by atoms with Gasteiger partial charge >= 0.3 is 0 Å². The Balaban J connectivity index is 2.32. The Hall–Kier alpha value is -1.48. The maximum atomic E-state index is 5.72. The highest BCUT2D eigenvalue weighted by atomic mass is 35.5. The lowest BCUT2D eigenvalue weighted by Gasteiger charge is -2.15. The maximum absolute atomic E-state index is 5.72. The van der Waals surface area contributed by atoms with Crippen molar-refractivity contribution in [2.24, 2.45) is 4.99 Å². The highest BCUT2D eigenvalue weighted by molar-refractivity contribution is 6.14. The summed E-state index contributed by atoms with van der Waals surface area (Å²) in [7, 11) is 0. The summed E-state index contributed by atoms with van der Waals surface area (Å²) in [5.41, 5.74) is 4.60. The predicted octanol–water partition coefficient (Wildman–Crippen LogP) is 1.99. The molecule has 1 heterocycles. The van der Waals surface area contributed by atoms with Crippen LogP contribution in [0.5, 0.6) is 0 Å². The molecule has 66 valence electrons. The van der Waals surface area contributed by atoms with Crippen molar-refractivity contribution in [2.75, 3.05) is 0 Å². The van der Waals surface area contributed by atoms with Gasteiger partial charge < -0.3 is 0 Å². The summed E-state index contributed by atoms with van der Waals surface area (Å²) in [6, 6.07) is 9.87. The second-order valence-corrected chi connectivity index (χ2v) is 2.94. The molecule has 0 aromatic heterocycles. The maximum Gasteiger partial charge on any atom is 0.109 e. The Morgan fingerprint density at radius 3 is 2.69 bits per heavy atom. The van der Waals surface area contributed by atoms with E-state index >= 15 is 0 Å². The van der Waals surface area contributed by atoms with E-state index in [2.05, 4.69) is 10.4 Å². The number of halogens is 1. The van der Waals surface area contributed by atoms with Crippen LogP contribution >= 0.6 is 11.8 Å². The van der Waals surface area contributed by atoms with Gasteiger partial charge in [-0.2, -0.15) is 4.53 Å². The second kappa shape index (κ2) is 3.49. The first-order chi connectivity index (χ1) is 6.36. The number of nitrogens with one attached hydrogen (secondary N) is 1. The van der Waals surface area contributed by atoms with E-state index in [0.29, 0.717) is 0 Å². The molecule has 0 fully saturated rings. The van der Waals surface area contributed by atoms with Gasteiger partial charge in [-0.1, -0.05) is 30.3 Å². The molecule has 1 aliphatic heterocycles. The van der Waals surface area contributed by atoms with Crippen LogP contribution in [-0.2, 0) is 0 Å². The number of hydrogen-bond acceptors (Lipinski definition) is 3. The van der Waals surface area contributed by atoms with E-state index in [9.17, 15) is 0 Å². The van der Waals surface area contributed by atoms with E-state index < -0.39 is 0 Å². The molecule has 1 aromatic rings. The van der Waals surface area contributed by atoms with Crippen LogP contribution in [-0.4, -0.2) is 10.9 Å². The average Bonchev–Trinajstić information content (AvgIpc) is 2.19. The molecule has 0 saturated heterocycles. The molecule has 0 saturated carbocycles. The number of aliphatic imine (C=N–C) groups is 1. The quantitative estimate of drug-likeness (QED) is 0.691. The minimum absolute atomic E-state index is 0.842. The summed E-state index contributed by atoms with van der Waals surface area (Å²) >= 11 is 5.72. The molecule has 1 N–H and O–H groups in total. The lowest BCUT2D eigenvalue weighted by Crippen LogP contribution is -2.26. The SMILES string of the molecule is ClN1C=C(c2ccccc2)N=CN1. The van der Waals surface area contributed by atoms with Crippen LogP contribution in [0.15, 0.2) is 41.5 Å². The zero-order chi connectivity index (χ0) is 9.10. The molecular weight excluding hydrogens is 186 g/mol. The van der Waals surface area contributed by atoms with Crippen LogP contribution in [0.4, 0.5) is 0 Å². The molecule has 0 aliphatic carbocycles. The number of hydrazine groups is 1. The van der Waals surface area contributed by atoms with Gasteiger partial charge in [0.1, 0.15) is 6.34 Å². The molecule has 1 aliphatic rings. The zero-order valence-electron chi connectivity index (χ0n) is 6.81. The third kappa shape index (κ3) is 1.81. The van der Waals surface area contributed by atoms with E-state index in [0.717, 1.165) is 11.3 Å². The standard InChI is InChI=1S/C9H8ClN3/c10-13-6-9(11-7-12-13)8-4-2-1-3-5-8/h1-7H,(H,11,12). The lowest BCUT2D eigenvalue weighted by molar-refractivity contribution is 0.554. The normalized spacial score (nSPS) is 15.2. The van der Waals surface area contributed by atoms with Crippen molar-refractivity contribution >= 4 is 23.8 Å². The van der Waals surface area contributed by atoms with Gasteiger partial charge in [0, 0.05) is 17.3 Å². The fourth-order valence-corrected chi connectivity index (χ4v) is 1.23. The minimum atomic E-state index is 0.842.